The maximum Gasteiger partial charge on any atom is 0.257 e. The molecule has 4 rings (SSSR count). The molecule has 1 aromatic carbocycles. The largest absolute Gasteiger partial charge is 0.454 e. The molecule has 3 heterocycles. The Labute approximate surface area is 164 Å². The summed E-state index contributed by atoms with van der Waals surface area (Å²) in [6.07, 6.45) is 3.52. The minimum Gasteiger partial charge on any atom is -0.454 e. The molecule has 0 atom stereocenters. The third-order valence-corrected chi connectivity index (χ3v) is 4.77. The van der Waals surface area contributed by atoms with E-state index in [0.29, 0.717) is 34.4 Å². The van der Waals surface area contributed by atoms with E-state index in [0.717, 1.165) is 5.56 Å². The first kappa shape index (κ1) is 17.9. The highest BCUT2D eigenvalue weighted by Crippen LogP contribution is 2.32. The average Bonchev–Trinajstić information content (AvgIpc) is 3.35. The van der Waals surface area contributed by atoms with Crippen LogP contribution in [0, 0.1) is 0 Å². The van der Waals surface area contributed by atoms with Crippen LogP contribution in [-0.2, 0) is 17.8 Å². The number of rotatable bonds is 6. The number of aromatic nitrogens is 2. The molecule has 0 fully saturated rings. The van der Waals surface area contributed by atoms with Gasteiger partial charge in [-0.15, -0.1) is 11.3 Å². The summed E-state index contributed by atoms with van der Waals surface area (Å²) in [5.41, 5.74) is 1.95. The first-order chi connectivity index (χ1) is 13.7. The second kappa shape index (κ2) is 8.05. The number of benzene rings is 1. The van der Waals surface area contributed by atoms with Crippen molar-refractivity contribution in [2.24, 2.45) is 0 Å². The normalized spacial score (nSPS) is 11.9. The number of ether oxygens (including phenoxy) is 2. The predicted octanol–water partition coefficient (Wildman–Crippen LogP) is 2.38. The van der Waals surface area contributed by atoms with Gasteiger partial charge in [0.1, 0.15) is 0 Å². The topological polar surface area (TPSA) is 102 Å². The minimum atomic E-state index is -0.305. The number of nitrogens with zero attached hydrogens (tertiary/aromatic N) is 2. The smallest absolute Gasteiger partial charge is 0.257 e. The third-order valence-electron chi connectivity index (χ3n) is 3.96. The van der Waals surface area contributed by atoms with Crippen LogP contribution in [0.1, 0.15) is 21.6 Å². The van der Waals surface area contributed by atoms with Crippen LogP contribution in [0.5, 0.6) is 11.5 Å². The number of pyridine rings is 1. The fourth-order valence-electron chi connectivity index (χ4n) is 2.58. The first-order valence-electron chi connectivity index (χ1n) is 8.48. The lowest BCUT2D eigenvalue weighted by Crippen LogP contribution is -2.24. The molecule has 0 radical (unpaired) electrons. The summed E-state index contributed by atoms with van der Waals surface area (Å²) in [5, 5.41) is 7.73. The molecular formula is C19H16N4O4S. The molecule has 0 bridgehead atoms. The SMILES string of the molecule is O=C(Cc1csc(NC(=O)c2ccc3c(c2)OCO3)n1)NCc1cccnc1. The Bertz CT molecular complexity index is 1010. The van der Waals surface area contributed by atoms with Gasteiger partial charge in [0, 0.05) is 29.9 Å². The molecule has 2 N–H and O–H groups in total. The van der Waals surface area contributed by atoms with Gasteiger partial charge in [-0.1, -0.05) is 6.07 Å². The van der Waals surface area contributed by atoms with Crippen molar-refractivity contribution < 1.29 is 19.1 Å². The standard InChI is InChI=1S/C19H16N4O4S/c24-17(21-9-12-2-1-5-20-8-12)7-14-10-28-19(22-14)23-18(25)13-3-4-15-16(6-13)27-11-26-15/h1-6,8,10H,7,9,11H2,(H,21,24)(H,22,23,25). The Kier molecular flexibility index (Phi) is 5.16. The van der Waals surface area contributed by atoms with Crippen LogP contribution in [-0.4, -0.2) is 28.6 Å². The van der Waals surface area contributed by atoms with E-state index < -0.39 is 0 Å². The third kappa shape index (κ3) is 4.26. The number of hydrogen-bond donors (Lipinski definition) is 2. The molecule has 28 heavy (non-hydrogen) atoms. The summed E-state index contributed by atoms with van der Waals surface area (Å²) in [7, 11) is 0. The number of thiazole rings is 1. The van der Waals surface area contributed by atoms with E-state index >= 15 is 0 Å². The van der Waals surface area contributed by atoms with E-state index in [4.69, 9.17) is 9.47 Å². The molecule has 0 saturated carbocycles. The van der Waals surface area contributed by atoms with Crippen molar-refractivity contribution in [2.45, 2.75) is 13.0 Å². The van der Waals surface area contributed by atoms with Crippen molar-refractivity contribution in [2.75, 3.05) is 12.1 Å². The molecule has 0 spiro atoms. The zero-order chi connectivity index (χ0) is 19.3. The molecule has 9 heteroatoms. The summed E-state index contributed by atoms with van der Waals surface area (Å²) in [6.45, 7) is 0.559. The lowest BCUT2D eigenvalue weighted by molar-refractivity contribution is -0.120. The second-order valence-electron chi connectivity index (χ2n) is 5.98. The molecule has 8 nitrogen and oxygen atoms in total. The van der Waals surface area contributed by atoms with Gasteiger partial charge in [0.2, 0.25) is 12.7 Å². The molecule has 0 aliphatic carbocycles. The van der Waals surface area contributed by atoms with Gasteiger partial charge in [0.05, 0.1) is 12.1 Å². The molecular weight excluding hydrogens is 380 g/mol. The summed E-state index contributed by atoms with van der Waals surface area (Å²) in [6, 6.07) is 8.68. The fourth-order valence-corrected chi connectivity index (χ4v) is 3.29. The highest BCUT2D eigenvalue weighted by Gasteiger charge is 2.17. The van der Waals surface area contributed by atoms with Crippen LogP contribution in [0.25, 0.3) is 0 Å². The van der Waals surface area contributed by atoms with Crippen molar-refractivity contribution in [1.82, 2.24) is 15.3 Å². The number of carbonyl (C=O) groups is 2. The summed E-state index contributed by atoms with van der Waals surface area (Å²) in [4.78, 5) is 32.8. The van der Waals surface area contributed by atoms with Crippen LogP contribution < -0.4 is 20.1 Å². The molecule has 1 aliphatic heterocycles. The number of hydrogen-bond acceptors (Lipinski definition) is 7. The Hall–Kier alpha value is -3.46. The van der Waals surface area contributed by atoms with Crippen LogP contribution in [0.3, 0.4) is 0 Å². The van der Waals surface area contributed by atoms with Crippen LogP contribution in [0.2, 0.25) is 0 Å². The van der Waals surface area contributed by atoms with Crippen molar-refractivity contribution in [3.63, 3.8) is 0 Å². The minimum absolute atomic E-state index is 0.136. The van der Waals surface area contributed by atoms with E-state index in [2.05, 4.69) is 20.6 Å². The van der Waals surface area contributed by atoms with Gasteiger partial charge in [0.25, 0.3) is 5.91 Å². The maximum absolute atomic E-state index is 12.4. The number of fused-ring (bicyclic) bond motifs is 1. The summed E-state index contributed by atoms with van der Waals surface area (Å²) < 4.78 is 10.5. The predicted molar refractivity (Wildman–Crippen MR) is 102 cm³/mol. The second-order valence-corrected chi connectivity index (χ2v) is 6.84. The van der Waals surface area contributed by atoms with E-state index in [1.54, 1.807) is 36.0 Å². The highest BCUT2D eigenvalue weighted by atomic mass is 32.1. The van der Waals surface area contributed by atoms with Gasteiger partial charge in [-0.25, -0.2) is 4.98 Å². The molecule has 142 valence electrons. The molecule has 1 aliphatic rings. The van der Waals surface area contributed by atoms with Gasteiger partial charge in [-0.2, -0.15) is 0 Å². The van der Waals surface area contributed by atoms with E-state index in [9.17, 15) is 9.59 Å². The zero-order valence-corrected chi connectivity index (χ0v) is 15.5. The van der Waals surface area contributed by atoms with E-state index in [1.807, 2.05) is 12.1 Å². The maximum atomic E-state index is 12.4. The van der Waals surface area contributed by atoms with Crippen molar-refractivity contribution in [1.29, 1.82) is 0 Å². The molecule has 0 saturated heterocycles. The monoisotopic (exact) mass is 396 g/mol. The van der Waals surface area contributed by atoms with Crippen LogP contribution >= 0.6 is 11.3 Å². The van der Waals surface area contributed by atoms with Crippen molar-refractivity contribution >= 4 is 28.3 Å². The van der Waals surface area contributed by atoms with E-state index in [-0.39, 0.29) is 25.0 Å². The van der Waals surface area contributed by atoms with Crippen molar-refractivity contribution in [3.8, 4) is 11.5 Å². The van der Waals surface area contributed by atoms with Crippen LogP contribution in [0.15, 0.2) is 48.1 Å². The molecule has 2 aromatic heterocycles. The van der Waals surface area contributed by atoms with Gasteiger partial charge in [-0.3, -0.25) is 19.9 Å². The quantitative estimate of drug-likeness (QED) is 0.663. The summed E-state index contributed by atoms with van der Waals surface area (Å²) >= 11 is 1.27. The molecule has 0 unspecified atom stereocenters. The van der Waals surface area contributed by atoms with Crippen molar-refractivity contribution in [3.05, 3.63) is 64.9 Å². The Morgan fingerprint density at radius 3 is 2.93 bits per heavy atom. The zero-order valence-electron chi connectivity index (χ0n) is 14.7. The number of nitrogens with one attached hydrogen (secondary N) is 2. The number of carbonyl (C=O) groups excluding carboxylic acids is 2. The summed E-state index contributed by atoms with van der Waals surface area (Å²) in [5.74, 6) is 0.700. The number of anilines is 1. The first-order valence-corrected chi connectivity index (χ1v) is 9.36. The highest BCUT2D eigenvalue weighted by molar-refractivity contribution is 7.14. The Morgan fingerprint density at radius 2 is 2.07 bits per heavy atom. The van der Waals surface area contributed by atoms with Gasteiger partial charge < -0.3 is 14.8 Å². The van der Waals surface area contributed by atoms with Gasteiger partial charge >= 0.3 is 0 Å². The van der Waals surface area contributed by atoms with Crippen LogP contribution in [0.4, 0.5) is 5.13 Å². The van der Waals surface area contributed by atoms with Gasteiger partial charge in [0.15, 0.2) is 16.6 Å². The molecule has 2 amide bonds. The fraction of sp³-hybridized carbons (Fsp3) is 0.158. The Morgan fingerprint density at radius 1 is 1.18 bits per heavy atom. The van der Waals surface area contributed by atoms with Gasteiger partial charge in [-0.05, 0) is 29.8 Å². The number of amides is 2. The lowest BCUT2D eigenvalue weighted by atomic mass is 10.2. The average molecular weight is 396 g/mol. The molecule has 3 aromatic rings. The Balaban J connectivity index is 1.31. The lowest BCUT2D eigenvalue weighted by Gasteiger charge is -2.04. The van der Waals surface area contributed by atoms with E-state index in [1.165, 1.54) is 11.3 Å².